The van der Waals surface area contributed by atoms with Crippen LogP contribution in [0, 0.1) is 0 Å². The van der Waals surface area contributed by atoms with Crippen LogP contribution in [0.3, 0.4) is 0 Å². The van der Waals surface area contributed by atoms with Gasteiger partial charge in [0.25, 0.3) is 0 Å². The van der Waals surface area contributed by atoms with Crippen LogP contribution >= 0.6 is 12.4 Å². The van der Waals surface area contributed by atoms with Gasteiger partial charge in [-0.2, -0.15) is 0 Å². The SMILES string of the molecule is COc1ccccc1N1CCN(CCCCC(=O)Nc2ccc(C(C)(C)C)cc2)CC1.Cl. The number of nitrogens with zero attached hydrogens (tertiary/aromatic N) is 2. The lowest BCUT2D eigenvalue weighted by atomic mass is 9.87. The fraction of sp³-hybridized carbons (Fsp3) is 0.500. The van der Waals surface area contributed by atoms with Gasteiger partial charge in [0.1, 0.15) is 5.75 Å². The minimum Gasteiger partial charge on any atom is -0.495 e. The maximum Gasteiger partial charge on any atom is 0.224 e. The fourth-order valence-electron chi connectivity index (χ4n) is 4.00. The molecule has 0 atom stereocenters. The number of piperazine rings is 1. The molecule has 1 saturated heterocycles. The quantitative estimate of drug-likeness (QED) is 0.541. The maximum absolute atomic E-state index is 12.3. The van der Waals surface area contributed by atoms with Gasteiger partial charge in [0.05, 0.1) is 12.8 Å². The van der Waals surface area contributed by atoms with Crippen molar-refractivity contribution in [2.75, 3.05) is 50.1 Å². The van der Waals surface area contributed by atoms with Gasteiger partial charge in [0.2, 0.25) is 5.91 Å². The molecule has 0 aromatic heterocycles. The minimum absolute atomic E-state index is 0. The highest BCUT2D eigenvalue weighted by molar-refractivity contribution is 5.90. The van der Waals surface area contributed by atoms with Gasteiger partial charge >= 0.3 is 0 Å². The largest absolute Gasteiger partial charge is 0.495 e. The number of ether oxygens (including phenoxy) is 1. The van der Waals surface area contributed by atoms with Crippen molar-refractivity contribution in [3.63, 3.8) is 0 Å². The molecule has 1 aliphatic heterocycles. The van der Waals surface area contributed by atoms with Crippen molar-refractivity contribution in [2.24, 2.45) is 0 Å². The average molecular weight is 460 g/mol. The second-order valence-electron chi connectivity index (χ2n) is 9.33. The molecule has 0 saturated carbocycles. The number of para-hydroxylation sites is 2. The number of carbonyl (C=O) groups is 1. The Kier molecular flexibility index (Phi) is 9.85. The summed E-state index contributed by atoms with van der Waals surface area (Å²) in [5.74, 6) is 1.04. The molecule has 176 valence electrons. The number of rotatable bonds is 8. The summed E-state index contributed by atoms with van der Waals surface area (Å²) in [7, 11) is 1.73. The van der Waals surface area contributed by atoms with Crippen LogP contribution in [-0.2, 0) is 10.2 Å². The Bertz CT molecular complexity index is 841. The van der Waals surface area contributed by atoms with Crippen molar-refractivity contribution in [2.45, 2.75) is 45.4 Å². The van der Waals surface area contributed by atoms with Crippen LogP contribution in [0.25, 0.3) is 0 Å². The Morgan fingerprint density at radius 2 is 1.62 bits per heavy atom. The highest BCUT2D eigenvalue weighted by Crippen LogP contribution is 2.28. The zero-order valence-electron chi connectivity index (χ0n) is 19.9. The molecule has 0 bridgehead atoms. The maximum atomic E-state index is 12.3. The van der Waals surface area contributed by atoms with E-state index in [2.05, 4.69) is 60.2 Å². The Hall–Kier alpha value is -2.24. The van der Waals surface area contributed by atoms with Gasteiger partial charge in [0.15, 0.2) is 0 Å². The molecule has 0 aliphatic carbocycles. The molecule has 5 nitrogen and oxygen atoms in total. The zero-order valence-corrected chi connectivity index (χ0v) is 20.7. The van der Waals surface area contributed by atoms with E-state index in [9.17, 15) is 4.79 Å². The third-order valence-electron chi connectivity index (χ3n) is 5.96. The number of amides is 1. The highest BCUT2D eigenvalue weighted by Gasteiger charge is 2.19. The number of hydrogen-bond donors (Lipinski definition) is 1. The monoisotopic (exact) mass is 459 g/mol. The molecule has 6 heteroatoms. The third kappa shape index (κ3) is 7.42. The Balaban J connectivity index is 0.00000363. The van der Waals surface area contributed by atoms with E-state index in [0.717, 1.165) is 57.0 Å². The van der Waals surface area contributed by atoms with E-state index >= 15 is 0 Å². The lowest BCUT2D eigenvalue weighted by molar-refractivity contribution is -0.116. The number of nitrogens with one attached hydrogen (secondary N) is 1. The van der Waals surface area contributed by atoms with E-state index in [4.69, 9.17) is 4.74 Å². The van der Waals surface area contributed by atoms with Crippen molar-refractivity contribution >= 4 is 29.7 Å². The summed E-state index contributed by atoms with van der Waals surface area (Å²) in [6.45, 7) is 11.7. The number of unbranched alkanes of at least 4 members (excludes halogenated alkanes) is 1. The fourth-order valence-corrected chi connectivity index (χ4v) is 4.00. The smallest absolute Gasteiger partial charge is 0.224 e. The second-order valence-corrected chi connectivity index (χ2v) is 9.33. The van der Waals surface area contributed by atoms with Crippen molar-refractivity contribution < 1.29 is 9.53 Å². The number of anilines is 2. The number of benzene rings is 2. The molecule has 3 rings (SSSR count). The standard InChI is InChI=1S/C26H37N3O2.ClH/c1-26(2,3)21-12-14-22(15-13-21)27-25(30)11-7-8-16-28-17-19-29(20-18-28)23-9-5-6-10-24(23)31-4;/h5-6,9-10,12-15H,7-8,11,16-20H2,1-4H3,(H,27,30);1H. The van der Waals surface area contributed by atoms with Crippen molar-refractivity contribution in [1.29, 1.82) is 0 Å². The van der Waals surface area contributed by atoms with E-state index in [1.807, 2.05) is 24.3 Å². The molecule has 1 heterocycles. The van der Waals surface area contributed by atoms with Crippen LogP contribution < -0.4 is 15.0 Å². The topological polar surface area (TPSA) is 44.8 Å². The van der Waals surface area contributed by atoms with Gasteiger partial charge in [-0.05, 0) is 54.6 Å². The van der Waals surface area contributed by atoms with E-state index < -0.39 is 0 Å². The first kappa shape index (κ1) is 26.0. The molecule has 0 radical (unpaired) electrons. The summed E-state index contributed by atoms with van der Waals surface area (Å²) in [4.78, 5) is 17.2. The van der Waals surface area contributed by atoms with Gasteiger partial charge < -0.3 is 15.0 Å². The molecular weight excluding hydrogens is 422 g/mol. The van der Waals surface area contributed by atoms with Crippen molar-refractivity contribution in [1.82, 2.24) is 4.90 Å². The van der Waals surface area contributed by atoms with Crippen LogP contribution in [0.1, 0.15) is 45.6 Å². The summed E-state index contributed by atoms with van der Waals surface area (Å²) < 4.78 is 5.50. The molecule has 0 unspecified atom stereocenters. The van der Waals surface area contributed by atoms with Crippen LogP contribution in [0.15, 0.2) is 48.5 Å². The number of methoxy groups -OCH3 is 1. The molecule has 2 aromatic rings. The molecule has 1 N–H and O–H groups in total. The first-order chi connectivity index (χ1) is 14.9. The predicted octanol–water partition coefficient (Wildman–Crippen LogP) is 5.35. The van der Waals surface area contributed by atoms with E-state index in [1.54, 1.807) is 7.11 Å². The normalized spacial score (nSPS) is 14.6. The molecule has 0 spiro atoms. The van der Waals surface area contributed by atoms with E-state index in [1.165, 1.54) is 11.3 Å². The van der Waals surface area contributed by atoms with Crippen molar-refractivity contribution in [3.8, 4) is 5.75 Å². The summed E-state index contributed by atoms with van der Waals surface area (Å²) in [6.07, 6.45) is 2.53. The minimum atomic E-state index is 0. The van der Waals surface area contributed by atoms with E-state index in [0.29, 0.717) is 6.42 Å². The Morgan fingerprint density at radius 1 is 0.969 bits per heavy atom. The first-order valence-corrected chi connectivity index (χ1v) is 11.4. The number of halogens is 1. The molecule has 1 amide bonds. The molecule has 1 aliphatic rings. The molecule has 32 heavy (non-hydrogen) atoms. The van der Waals surface area contributed by atoms with Gasteiger partial charge in [-0.25, -0.2) is 0 Å². The third-order valence-corrected chi connectivity index (χ3v) is 5.96. The zero-order chi connectivity index (χ0) is 22.3. The molecule has 1 fully saturated rings. The van der Waals surface area contributed by atoms with Gasteiger partial charge in [-0.1, -0.05) is 45.0 Å². The Labute approximate surface area is 199 Å². The summed E-state index contributed by atoms with van der Waals surface area (Å²) in [5.41, 5.74) is 3.46. The van der Waals surface area contributed by atoms with Gasteiger partial charge in [-0.15, -0.1) is 12.4 Å². The second kappa shape index (κ2) is 12.1. The Morgan fingerprint density at radius 3 is 2.25 bits per heavy atom. The molecule has 2 aromatic carbocycles. The summed E-state index contributed by atoms with van der Waals surface area (Å²) in [5, 5.41) is 3.02. The van der Waals surface area contributed by atoms with Crippen LogP contribution in [0.5, 0.6) is 5.75 Å². The summed E-state index contributed by atoms with van der Waals surface area (Å²) >= 11 is 0. The average Bonchev–Trinajstić information content (AvgIpc) is 2.77. The predicted molar refractivity (Wildman–Crippen MR) is 137 cm³/mol. The van der Waals surface area contributed by atoms with Crippen LogP contribution in [0.4, 0.5) is 11.4 Å². The van der Waals surface area contributed by atoms with Gasteiger partial charge in [0, 0.05) is 38.3 Å². The van der Waals surface area contributed by atoms with Crippen LogP contribution in [0.2, 0.25) is 0 Å². The van der Waals surface area contributed by atoms with Crippen molar-refractivity contribution in [3.05, 3.63) is 54.1 Å². The summed E-state index contributed by atoms with van der Waals surface area (Å²) in [6, 6.07) is 16.4. The highest BCUT2D eigenvalue weighted by atomic mass is 35.5. The van der Waals surface area contributed by atoms with Gasteiger partial charge in [-0.3, -0.25) is 9.69 Å². The lowest BCUT2D eigenvalue weighted by Crippen LogP contribution is -2.46. The van der Waals surface area contributed by atoms with E-state index in [-0.39, 0.29) is 23.7 Å². The lowest BCUT2D eigenvalue weighted by Gasteiger charge is -2.36. The number of carbonyl (C=O) groups excluding carboxylic acids is 1. The molecular formula is C26H38ClN3O2. The first-order valence-electron chi connectivity index (χ1n) is 11.4. The van der Waals surface area contributed by atoms with Crippen LogP contribution in [-0.4, -0.2) is 50.6 Å². The number of hydrogen-bond acceptors (Lipinski definition) is 4.